The number of ether oxygens (including phenoxy) is 2. The molecule has 4 aromatic rings. The lowest BCUT2D eigenvalue weighted by atomic mass is 10.1. The van der Waals surface area contributed by atoms with Gasteiger partial charge in [0.1, 0.15) is 6.61 Å². The van der Waals surface area contributed by atoms with Gasteiger partial charge in [0.25, 0.3) is 0 Å². The number of rotatable bonds is 6. The summed E-state index contributed by atoms with van der Waals surface area (Å²) in [4.78, 5) is 0. The number of nitrogens with zero attached hydrogens (tertiary/aromatic N) is 2. The zero-order chi connectivity index (χ0) is 18.6. The lowest BCUT2D eigenvalue weighted by Gasteiger charge is -2.14. The van der Waals surface area contributed by atoms with Crippen LogP contribution in [0.25, 0.3) is 22.2 Å². The van der Waals surface area contributed by atoms with Gasteiger partial charge in [-0.2, -0.15) is 0 Å². The molecule has 4 rings (SSSR count). The van der Waals surface area contributed by atoms with Gasteiger partial charge in [-0.3, -0.25) is 0 Å². The van der Waals surface area contributed by atoms with Crippen molar-refractivity contribution in [1.82, 2.24) is 10.2 Å². The molecule has 0 saturated heterocycles. The minimum atomic E-state index is 0.0271. The van der Waals surface area contributed by atoms with Crippen molar-refractivity contribution in [2.75, 3.05) is 12.3 Å². The van der Waals surface area contributed by atoms with Crippen LogP contribution in [0, 0.1) is 0 Å². The van der Waals surface area contributed by atoms with Gasteiger partial charge in [-0.1, -0.05) is 47.6 Å². The summed E-state index contributed by atoms with van der Waals surface area (Å²) in [6, 6.07) is 20.0. The van der Waals surface area contributed by atoms with Crippen molar-refractivity contribution in [2.24, 2.45) is 0 Å². The molecule has 0 atom stereocenters. The van der Waals surface area contributed by atoms with Gasteiger partial charge in [0, 0.05) is 5.56 Å². The first-order valence-electron chi connectivity index (χ1n) is 8.70. The Labute approximate surface area is 156 Å². The number of anilines is 1. The minimum absolute atomic E-state index is 0.0271. The number of nitrogens with two attached hydrogens (primary N) is 1. The molecule has 0 aliphatic carbocycles. The van der Waals surface area contributed by atoms with Crippen LogP contribution < -0.4 is 15.2 Å². The van der Waals surface area contributed by atoms with E-state index in [2.05, 4.69) is 34.5 Å². The molecule has 0 fully saturated rings. The van der Waals surface area contributed by atoms with Crippen LogP contribution in [0.5, 0.6) is 11.5 Å². The third kappa shape index (κ3) is 3.55. The maximum Gasteiger partial charge on any atom is 0.313 e. The molecule has 0 bridgehead atoms. The highest BCUT2D eigenvalue weighted by molar-refractivity contribution is 5.85. The Morgan fingerprint density at radius 3 is 2.59 bits per heavy atom. The molecule has 0 saturated carbocycles. The first-order chi connectivity index (χ1) is 13.2. The van der Waals surface area contributed by atoms with E-state index in [4.69, 9.17) is 19.6 Å². The summed E-state index contributed by atoms with van der Waals surface area (Å²) in [7, 11) is 0. The Balaban J connectivity index is 1.61. The second kappa shape index (κ2) is 7.37. The molecule has 27 heavy (non-hydrogen) atoms. The van der Waals surface area contributed by atoms with E-state index < -0.39 is 0 Å². The van der Waals surface area contributed by atoms with Crippen LogP contribution in [0.4, 0.5) is 6.01 Å². The minimum Gasteiger partial charge on any atom is -0.490 e. The van der Waals surface area contributed by atoms with Crippen LogP contribution in [0.2, 0.25) is 0 Å². The van der Waals surface area contributed by atoms with E-state index in [1.54, 1.807) is 0 Å². The molecule has 0 amide bonds. The fourth-order valence-electron chi connectivity index (χ4n) is 2.95. The van der Waals surface area contributed by atoms with Crippen molar-refractivity contribution < 1.29 is 13.9 Å². The summed E-state index contributed by atoms with van der Waals surface area (Å²) < 4.78 is 17.1. The van der Waals surface area contributed by atoms with Crippen LogP contribution in [-0.2, 0) is 6.61 Å². The molecule has 136 valence electrons. The third-order valence-electron chi connectivity index (χ3n) is 4.19. The standard InChI is InChI=1S/C21H19N3O3/c1-2-25-19-12-15(20-23-24-21(22)27-20)10-11-18(19)26-13-16-8-5-7-14-6-3-4-9-17(14)16/h3-12H,2,13H2,1H3,(H2,22,24). The molecule has 0 aliphatic heterocycles. The van der Waals surface area contributed by atoms with E-state index >= 15 is 0 Å². The van der Waals surface area contributed by atoms with Crippen LogP contribution in [0.1, 0.15) is 12.5 Å². The van der Waals surface area contributed by atoms with Crippen molar-refractivity contribution in [3.05, 3.63) is 66.2 Å². The molecule has 0 spiro atoms. The van der Waals surface area contributed by atoms with E-state index in [0.29, 0.717) is 30.6 Å². The van der Waals surface area contributed by atoms with E-state index in [9.17, 15) is 0 Å². The van der Waals surface area contributed by atoms with Crippen molar-refractivity contribution >= 4 is 16.8 Å². The van der Waals surface area contributed by atoms with Crippen LogP contribution in [0.3, 0.4) is 0 Å². The van der Waals surface area contributed by atoms with E-state index in [-0.39, 0.29) is 6.01 Å². The highest BCUT2D eigenvalue weighted by atomic mass is 16.5. The maximum absolute atomic E-state index is 6.06. The monoisotopic (exact) mass is 361 g/mol. The average molecular weight is 361 g/mol. The highest BCUT2D eigenvalue weighted by Gasteiger charge is 2.12. The first kappa shape index (κ1) is 16.9. The quantitative estimate of drug-likeness (QED) is 0.546. The number of hydrogen-bond donors (Lipinski definition) is 1. The summed E-state index contributed by atoms with van der Waals surface area (Å²) in [6.07, 6.45) is 0. The number of hydrogen-bond acceptors (Lipinski definition) is 6. The lowest BCUT2D eigenvalue weighted by Crippen LogP contribution is -2.00. The Kier molecular flexibility index (Phi) is 4.61. The van der Waals surface area contributed by atoms with Crippen molar-refractivity contribution in [3.8, 4) is 23.0 Å². The number of benzene rings is 3. The van der Waals surface area contributed by atoms with E-state index in [0.717, 1.165) is 11.1 Å². The molecule has 0 unspecified atom stereocenters. The predicted molar refractivity (Wildman–Crippen MR) is 104 cm³/mol. The molecule has 6 nitrogen and oxygen atoms in total. The van der Waals surface area contributed by atoms with Gasteiger partial charge in [-0.05, 0) is 41.5 Å². The van der Waals surface area contributed by atoms with Gasteiger partial charge in [0.2, 0.25) is 5.89 Å². The average Bonchev–Trinajstić information content (AvgIpc) is 3.13. The van der Waals surface area contributed by atoms with Crippen LogP contribution >= 0.6 is 0 Å². The summed E-state index contributed by atoms with van der Waals surface area (Å²) in [6.45, 7) is 2.88. The largest absolute Gasteiger partial charge is 0.490 e. The molecule has 1 heterocycles. The fraction of sp³-hybridized carbons (Fsp3) is 0.143. The molecular formula is C21H19N3O3. The van der Waals surface area contributed by atoms with Gasteiger partial charge in [0.05, 0.1) is 6.61 Å². The van der Waals surface area contributed by atoms with Gasteiger partial charge in [-0.15, -0.1) is 5.10 Å². The molecule has 6 heteroatoms. The van der Waals surface area contributed by atoms with Crippen LogP contribution in [-0.4, -0.2) is 16.8 Å². The summed E-state index contributed by atoms with van der Waals surface area (Å²) in [5, 5.41) is 9.96. The van der Waals surface area contributed by atoms with Gasteiger partial charge in [-0.25, -0.2) is 0 Å². The Bertz CT molecular complexity index is 1070. The molecule has 2 N–H and O–H groups in total. The van der Waals surface area contributed by atoms with Crippen molar-refractivity contribution in [2.45, 2.75) is 13.5 Å². The van der Waals surface area contributed by atoms with Gasteiger partial charge < -0.3 is 19.6 Å². The Morgan fingerprint density at radius 1 is 0.926 bits per heavy atom. The van der Waals surface area contributed by atoms with Gasteiger partial charge in [0.15, 0.2) is 11.5 Å². The normalized spacial score (nSPS) is 10.9. The lowest BCUT2D eigenvalue weighted by molar-refractivity contribution is 0.270. The molecule has 1 aromatic heterocycles. The van der Waals surface area contributed by atoms with E-state index in [1.165, 1.54) is 10.8 Å². The number of nitrogen functional groups attached to an aromatic ring is 1. The van der Waals surface area contributed by atoms with Crippen LogP contribution in [0.15, 0.2) is 65.1 Å². The zero-order valence-corrected chi connectivity index (χ0v) is 14.9. The van der Waals surface area contributed by atoms with E-state index in [1.807, 2.05) is 43.3 Å². The zero-order valence-electron chi connectivity index (χ0n) is 14.9. The smallest absolute Gasteiger partial charge is 0.313 e. The molecular weight excluding hydrogens is 342 g/mol. The number of fused-ring (bicyclic) bond motifs is 1. The van der Waals surface area contributed by atoms with Gasteiger partial charge >= 0.3 is 6.01 Å². The summed E-state index contributed by atoms with van der Waals surface area (Å²) in [5.41, 5.74) is 7.34. The second-order valence-corrected chi connectivity index (χ2v) is 5.97. The Hall–Kier alpha value is -3.54. The summed E-state index contributed by atoms with van der Waals surface area (Å²) in [5.74, 6) is 1.61. The maximum atomic E-state index is 6.06. The predicted octanol–water partition coefficient (Wildman–Crippen LogP) is 4.45. The topological polar surface area (TPSA) is 83.4 Å². The first-order valence-corrected chi connectivity index (χ1v) is 8.70. The van der Waals surface area contributed by atoms with Crippen molar-refractivity contribution in [1.29, 1.82) is 0 Å². The summed E-state index contributed by atoms with van der Waals surface area (Å²) >= 11 is 0. The molecule has 3 aromatic carbocycles. The SMILES string of the molecule is CCOc1cc(-c2nnc(N)o2)ccc1OCc1cccc2ccccc12. The molecule has 0 radical (unpaired) electrons. The Morgan fingerprint density at radius 2 is 1.78 bits per heavy atom. The highest BCUT2D eigenvalue weighted by Crippen LogP contribution is 2.33. The van der Waals surface area contributed by atoms with Crippen molar-refractivity contribution in [3.63, 3.8) is 0 Å². The second-order valence-electron chi connectivity index (χ2n) is 5.97. The number of aromatic nitrogens is 2. The third-order valence-corrected chi connectivity index (χ3v) is 4.19. The molecule has 0 aliphatic rings. The fourth-order valence-corrected chi connectivity index (χ4v) is 2.95.